The number of rotatable bonds is 6. The maximum atomic E-state index is 5.95. The topological polar surface area (TPSA) is 57.9 Å². The van der Waals surface area contributed by atoms with Gasteiger partial charge in [0, 0.05) is 23.0 Å². The predicted octanol–water partition coefficient (Wildman–Crippen LogP) is 3.97. The molecule has 138 valence electrons. The molecule has 0 radical (unpaired) electrons. The van der Waals surface area contributed by atoms with Gasteiger partial charge < -0.3 is 18.9 Å². The highest BCUT2D eigenvalue weighted by molar-refractivity contribution is 6.30. The van der Waals surface area contributed by atoms with E-state index in [0.717, 1.165) is 17.0 Å². The third kappa shape index (κ3) is 4.06. The van der Waals surface area contributed by atoms with Crippen molar-refractivity contribution in [2.75, 3.05) is 19.8 Å². The van der Waals surface area contributed by atoms with Gasteiger partial charge >= 0.3 is 0 Å². The van der Waals surface area contributed by atoms with Gasteiger partial charge in [-0.2, -0.15) is 0 Å². The van der Waals surface area contributed by atoms with Crippen LogP contribution in [0.2, 0.25) is 5.02 Å². The molecule has 2 aromatic carbocycles. The zero-order valence-corrected chi connectivity index (χ0v) is 15.2. The molecule has 1 aliphatic rings. The number of fused-ring (bicyclic) bond motifs is 1. The van der Waals surface area contributed by atoms with Crippen molar-refractivity contribution < 1.29 is 14.3 Å². The number of hydrogen-bond donors (Lipinski definition) is 0. The smallest absolute Gasteiger partial charge is 0.151 e. The van der Waals surface area contributed by atoms with Crippen molar-refractivity contribution in [2.45, 2.75) is 6.04 Å². The molecular formula is C20H18ClN3O3. The Morgan fingerprint density at radius 2 is 2.11 bits per heavy atom. The van der Waals surface area contributed by atoms with Crippen LogP contribution in [-0.2, 0) is 4.84 Å². The Balaban J connectivity index is 1.45. The Labute approximate surface area is 161 Å². The summed E-state index contributed by atoms with van der Waals surface area (Å²) in [7, 11) is 0. The number of nitrogens with zero attached hydrogens (tertiary/aromatic N) is 3. The number of imidazole rings is 1. The van der Waals surface area contributed by atoms with Gasteiger partial charge in [-0.25, -0.2) is 4.98 Å². The molecular weight excluding hydrogens is 366 g/mol. The Hall–Kier alpha value is -2.99. The first-order valence-electron chi connectivity index (χ1n) is 8.59. The molecule has 27 heavy (non-hydrogen) atoms. The van der Waals surface area contributed by atoms with Crippen LogP contribution < -0.4 is 9.47 Å². The van der Waals surface area contributed by atoms with Crippen molar-refractivity contribution >= 4 is 17.3 Å². The van der Waals surface area contributed by atoms with Gasteiger partial charge in [-0.05, 0) is 30.3 Å². The van der Waals surface area contributed by atoms with Gasteiger partial charge in [-0.3, -0.25) is 0 Å². The highest BCUT2D eigenvalue weighted by Crippen LogP contribution is 2.30. The summed E-state index contributed by atoms with van der Waals surface area (Å²) in [6.07, 6.45) is 5.37. The molecule has 0 saturated carbocycles. The van der Waals surface area contributed by atoms with Crippen molar-refractivity contribution in [1.82, 2.24) is 9.55 Å². The second-order valence-electron chi connectivity index (χ2n) is 5.95. The molecule has 0 fully saturated rings. The third-order valence-electron chi connectivity index (χ3n) is 4.16. The first-order valence-corrected chi connectivity index (χ1v) is 8.97. The fourth-order valence-electron chi connectivity index (χ4n) is 2.89. The molecule has 0 spiro atoms. The third-order valence-corrected chi connectivity index (χ3v) is 4.40. The minimum absolute atomic E-state index is 0.101. The fourth-order valence-corrected chi connectivity index (χ4v) is 3.07. The molecule has 2 heterocycles. The summed E-state index contributed by atoms with van der Waals surface area (Å²) in [5.41, 5.74) is 1.72. The van der Waals surface area contributed by atoms with E-state index in [1.165, 1.54) is 0 Å². The number of ether oxygens (including phenoxy) is 2. The Kier molecular flexibility index (Phi) is 5.25. The van der Waals surface area contributed by atoms with E-state index in [4.69, 9.17) is 25.9 Å². The summed E-state index contributed by atoms with van der Waals surface area (Å²) in [6, 6.07) is 14.9. The summed E-state index contributed by atoms with van der Waals surface area (Å²) < 4.78 is 13.4. The Morgan fingerprint density at radius 3 is 2.96 bits per heavy atom. The molecule has 0 aliphatic carbocycles. The molecule has 0 saturated heterocycles. The van der Waals surface area contributed by atoms with Gasteiger partial charge in [0.2, 0.25) is 0 Å². The van der Waals surface area contributed by atoms with Crippen LogP contribution >= 0.6 is 11.6 Å². The van der Waals surface area contributed by atoms with Crippen molar-refractivity contribution in [3.8, 4) is 11.5 Å². The molecule has 1 aliphatic heterocycles. The average molecular weight is 384 g/mol. The van der Waals surface area contributed by atoms with Crippen LogP contribution in [0.4, 0.5) is 0 Å². The van der Waals surface area contributed by atoms with E-state index in [1.807, 2.05) is 47.2 Å². The van der Waals surface area contributed by atoms with Crippen LogP contribution in [0, 0.1) is 0 Å². The van der Waals surface area contributed by atoms with E-state index in [9.17, 15) is 0 Å². The molecule has 1 atom stereocenters. The first-order chi connectivity index (χ1) is 13.3. The molecule has 7 heteroatoms. The number of oxime groups is 1. The maximum Gasteiger partial charge on any atom is 0.151 e. The molecule has 0 bridgehead atoms. The Morgan fingerprint density at radius 1 is 1.19 bits per heavy atom. The molecule has 6 nitrogen and oxygen atoms in total. The van der Waals surface area contributed by atoms with Crippen molar-refractivity contribution in [1.29, 1.82) is 0 Å². The van der Waals surface area contributed by atoms with Gasteiger partial charge in [0.15, 0.2) is 6.61 Å². The van der Waals surface area contributed by atoms with Crippen LogP contribution in [0.15, 0.2) is 72.4 Å². The summed E-state index contributed by atoms with van der Waals surface area (Å²) in [5, 5.41) is 5.03. The second kappa shape index (κ2) is 8.14. The monoisotopic (exact) mass is 383 g/mol. The lowest BCUT2D eigenvalue weighted by molar-refractivity contribution is 0.105. The van der Waals surface area contributed by atoms with E-state index < -0.39 is 0 Å². The number of halogens is 1. The van der Waals surface area contributed by atoms with Gasteiger partial charge in [0.25, 0.3) is 0 Å². The van der Waals surface area contributed by atoms with Crippen molar-refractivity contribution in [3.63, 3.8) is 0 Å². The van der Waals surface area contributed by atoms with Crippen LogP contribution in [0.1, 0.15) is 11.6 Å². The molecule has 4 rings (SSSR count). The second-order valence-corrected chi connectivity index (χ2v) is 6.38. The van der Waals surface area contributed by atoms with E-state index >= 15 is 0 Å². The van der Waals surface area contributed by atoms with Crippen LogP contribution in [0.25, 0.3) is 0 Å². The van der Waals surface area contributed by atoms with E-state index in [1.54, 1.807) is 24.7 Å². The zero-order valence-electron chi connectivity index (χ0n) is 14.5. The maximum absolute atomic E-state index is 5.95. The van der Waals surface area contributed by atoms with Crippen LogP contribution in [0.3, 0.4) is 0 Å². The number of benzene rings is 2. The quantitative estimate of drug-likeness (QED) is 0.477. The Bertz CT molecular complexity index is 928. The first kappa shape index (κ1) is 17.4. The lowest BCUT2D eigenvalue weighted by Gasteiger charge is -2.27. The van der Waals surface area contributed by atoms with E-state index in [2.05, 4.69) is 10.1 Å². The normalized spacial score (nSPS) is 17.2. The largest absolute Gasteiger partial charge is 0.490 e. The lowest BCUT2D eigenvalue weighted by Crippen LogP contribution is -2.31. The van der Waals surface area contributed by atoms with Crippen molar-refractivity contribution in [3.05, 3.63) is 77.8 Å². The number of para-hydroxylation sites is 1. The highest BCUT2D eigenvalue weighted by Gasteiger charge is 2.28. The van der Waals surface area contributed by atoms with Gasteiger partial charge in [0.1, 0.15) is 36.5 Å². The van der Waals surface area contributed by atoms with Gasteiger partial charge in [-0.1, -0.05) is 35.0 Å². The predicted molar refractivity (Wildman–Crippen MR) is 103 cm³/mol. The average Bonchev–Trinajstić information content (AvgIpc) is 3.22. The molecule has 0 amide bonds. The van der Waals surface area contributed by atoms with Gasteiger partial charge in [0.05, 0.1) is 6.33 Å². The molecule has 1 aromatic heterocycles. The summed E-state index contributed by atoms with van der Waals surface area (Å²) >= 11 is 5.95. The number of hydrogen-bond acceptors (Lipinski definition) is 5. The standard InChI is InChI=1S/C20H18ClN3O3/c21-15-4-3-5-16(12-15)25-10-11-27-23-20-17-6-1-2-7-19(17)26-13-18(20)24-9-8-22-14-24/h1-9,12,14,18H,10-11,13H2/b23-20+. The van der Waals surface area contributed by atoms with Crippen molar-refractivity contribution in [2.24, 2.45) is 5.16 Å². The molecule has 0 N–H and O–H groups in total. The highest BCUT2D eigenvalue weighted by atomic mass is 35.5. The van der Waals surface area contributed by atoms with E-state index in [0.29, 0.717) is 30.6 Å². The summed E-state index contributed by atoms with van der Waals surface area (Å²) in [5.74, 6) is 1.50. The van der Waals surface area contributed by atoms with Gasteiger partial charge in [-0.15, -0.1) is 0 Å². The SMILES string of the molecule is Clc1cccc(OCCO/N=C2\c3ccccc3OCC2n2ccnc2)c1. The summed E-state index contributed by atoms with van der Waals surface area (Å²) in [6.45, 7) is 1.15. The van der Waals surface area contributed by atoms with Crippen LogP contribution in [0.5, 0.6) is 11.5 Å². The lowest BCUT2D eigenvalue weighted by atomic mass is 10.00. The molecule has 3 aromatic rings. The summed E-state index contributed by atoms with van der Waals surface area (Å²) in [4.78, 5) is 9.67. The minimum Gasteiger partial charge on any atom is -0.490 e. The van der Waals surface area contributed by atoms with Crippen LogP contribution in [-0.4, -0.2) is 35.1 Å². The fraction of sp³-hybridized carbons (Fsp3) is 0.200. The minimum atomic E-state index is -0.101. The van der Waals surface area contributed by atoms with E-state index in [-0.39, 0.29) is 6.04 Å². The molecule has 1 unspecified atom stereocenters. The zero-order chi connectivity index (χ0) is 18.5. The number of aromatic nitrogens is 2.